The average molecular weight is 383 g/mol. The van der Waals surface area contributed by atoms with Crippen LogP contribution in [0, 0.1) is 11.3 Å². The molecule has 2 aliphatic heterocycles. The van der Waals surface area contributed by atoms with E-state index in [1.54, 1.807) is 13.0 Å². The van der Waals surface area contributed by atoms with Crippen LogP contribution in [-0.2, 0) is 16.6 Å². The summed E-state index contributed by atoms with van der Waals surface area (Å²) in [5.74, 6) is 1.85. The van der Waals surface area contributed by atoms with Gasteiger partial charge in [0.1, 0.15) is 6.10 Å². The fraction of sp³-hybridized carbons (Fsp3) is 0.696. The van der Waals surface area contributed by atoms with E-state index in [-0.39, 0.29) is 34.6 Å². The van der Waals surface area contributed by atoms with Gasteiger partial charge in [0.2, 0.25) is 5.91 Å². The van der Waals surface area contributed by atoms with E-state index in [2.05, 4.69) is 23.2 Å². The summed E-state index contributed by atoms with van der Waals surface area (Å²) in [6, 6.07) is 4.46. The van der Waals surface area contributed by atoms with Crippen LogP contribution in [-0.4, -0.2) is 47.2 Å². The molecule has 2 unspecified atom stereocenters. The summed E-state index contributed by atoms with van der Waals surface area (Å²) < 4.78 is 6.53. The molecule has 1 spiro atoms. The molecule has 6 rings (SSSR count). The number of nitrogens with zero attached hydrogens (tertiary/aromatic N) is 1. The lowest BCUT2D eigenvalue weighted by molar-refractivity contribution is -0.134. The molecule has 1 amide bonds. The largest absolute Gasteiger partial charge is 0.504 e. The van der Waals surface area contributed by atoms with Crippen molar-refractivity contribution in [3.05, 3.63) is 23.3 Å². The van der Waals surface area contributed by atoms with Crippen molar-refractivity contribution in [3.8, 4) is 11.5 Å². The van der Waals surface area contributed by atoms with Gasteiger partial charge in [0.15, 0.2) is 11.5 Å². The van der Waals surface area contributed by atoms with Crippen LogP contribution < -0.4 is 10.1 Å². The molecule has 2 bridgehead atoms. The van der Waals surface area contributed by atoms with Gasteiger partial charge in [-0.3, -0.25) is 9.69 Å². The molecule has 28 heavy (non-hydrogen) atoms. The molecule has 2 N–H and O–H groups in total. The molecule has 0 radical (unpaired) electrons. The Morgan fingerprint density at radius 1 is 1.32 bits per heavy atom. The van der Waals surface area contributed by atoms with Crippen LogP contribution >= 0.6 is 0 Å². The number of phenols is 1. The summed E-state index contributed by atoms with van der Waals surface area (Å²) in [4.78, 5) is 14.7. The van der Waals surface area contributed by atoms with E-state index in [1.165, 1.54) is 30.5 Å². The fourth-order valence-corrected chi connectivity index (χ4v) is 7.34. The van der Waals surface area contributed by atoms with Crippen molar-refractivity contribution in [1.29, 1.82) is 0 Å². The maximum atomic E-state index is 11.9. The number of benzene rings is 1. The summed E-state index contributed by atoms with van der Waals surface area (Å²) in [6.07, 6.45) is 6.83. The first-order valence-corrected chi connectivity index (χ1v) is 11.0. The van der Waals surface area contributed by atoms with Gasteiger partial charge < -0.3 is 15.2 Å². The Morgan fingerprint density at radius 3 is 2.89 bits per heavy atom. The van der Waals surface area contributed by atoms with E-state index < -0.39 is 0 Å². The molecular formula is C23H30N2O3. The van der Waals surface area contributed by atoms with Crippen LogP contribution in [0.1, 0.15) is 57.1 Å². The second-order valence-electron chi connectivity index (χ2n) is 10.1. The molecular weight excluding hydrogens is 352 g/mol. The maximum absolute atomic E-state index is 11.9. The summed E-state index contributed by atoms with van der Waals surface area (Å²) in [6.45, 7) is 6.40. The number of ether oxygens (including phenoxy) is 1. The third-order valence-electron chi connectivity index (χ3n) is 8.72. The van der Waals surface area contributed by atoms with Crippen molar-refractivity contribution >= 4 is 5.91 Å². The van der Waals surface area contributed by atoms with E-state index in [1.807, 2.05) is 0 Å². The van der Waals surface area contributed by atoms with Gasteiger partial charge in [-0.05, 0) is 68.0 Å². The van der Waals surface area contributed by atoms with Crippen molar-refractivity contribution in [3.63, 3.8) is 0 Å². The number of carbonyl (C=O) groups is 1. The molecule has 1 saturated heterocycles. The first kappa shape index (κ1) is 17.1. The zero-order valence-corrected chi connectivity index (χ0v) is 16.8. The lowest BCUT2D eigenvalue weighted by atomic mass is 9.43. The standard InChI is InChI=1S/C23H30N2O3/c1-13(26)24-16-7-8-22(2)18-11-15-5-6-17(27)20-19(15)23(22,21(16)28-20)9-10-25(18)12-14-3-4-14/h5-6,14,16,18,21,27H,3-4,7-12H2,1-2H3,(H,24,26)/t16-,18?,21?,22-,23-/m0/s1. The van der Waals surface area contributed by atoms with Gasteiger partial charge in [-0.15, -0.1) is 0 Å². The quantitative estimate of drug-likeness (QED) is 0.844. The van der Waals surface area contributed by atoms with Crippen LogP contribution in [0.15, 0.2) is 12.1 Å². The molecule has 3 aliphatic carbocycles. The minimum absolute atomic E-state index is 0.00698. The molecule has 0 aromatic heterocycles. The number of hydrogen-bond acceptors (Lipinski definition) is 4. The Kier molecular flexibility index (Phi) is 3.33. The summed E-state index contributed by atoms with van der Waals surface area (Å²) in [7, 11) is 0. The minimum atomic E-state index is -0.106. The average Bonchev–Trinajstić information content (AvgIpc) is 3.38. The predicted octanol–water partition coefficient (Wildman–Crippen LogP) is 2.74. The molecule has 5 aliphatic rings. The number of rotatable bonds is 3. The monoisotopic (exact) mass is 382 g/mol. The Bertz CT molecular complexity index is 866. The number of hydrogen-bond donors (Lipinski definition) is 2. The lowest BCUT2D eigenvalue weighted by Crippen LogP contribution is -2.73. The van der Waals surface area contributed by atoms with Crippen molar-refractivity contribution < 1.29 is 14.6 Å². The van der Waals surface area contributed by atoms with Gasteiger partial charge >= 0.3 is 0 Å². The number of phenolic OH excluding ortho intramolecular Hbond substituents is 1. The summed E-state index contributed by atoms with van der Waals surface area (Å²) in [5.41, 5.74) is 2.62. The molecule has 3 fully saturated rings. The zero-order chi connectivity index (χ0) is 19.3. The number of carbonyl (C=O) groups excluding carboxylic acids is 1. The first-order valence-electron chi connectivity index (χ1n) is 11.0. The van der Waals surface area contributed by atoms with Crippen LogP contribution in [0.3, 0.4) is 0 Å². The number of aromatic hydroxyl groups is 1. The van der Waals surface area contributed by atoms with Gasteiger partial charge in [0.25, 0.3) is 0 Å². The Balaban J connectivity index is 1.52. The highest BCUT2D eigenvalue weighted by Crippen LogP contribution is 2.69. The van der Waals surface area contributed by atoms with Gasteiger partial charge in [0, 0.05) is 30.5 Å². The maximum Gasteiger partial charge on any atom is 0.217 e. The first-order chi connectivity index (χ1) is 13.4. The van der Waals surface area contributed by atoms with E-state index in [0.717, 1.165) is 38.1 Å². The van der Waals surface area contributed by atoms with E-state index in [4.69, 9.17) is 4.74 Å². The highest BCUT2D eigenvalue weighted by atomic mass is 16.5. The van der Waals surface area contributed by atoms with E-state index >= 15 is 0 Å². The van der Waals surface area contributed by atoms with Crippen LogP contribution in [0.2, 0.25) is 0 Å². The normalized spacial score (nSPS) is 40.6. The summed E-state index contributed by atoms with van der Waals surface area (Å²) in [5, 5.41) is 13.8. The zero-order valence-electron chi connectivity index (χ0n) is 16.8. The van der Waals surface area contributed by atoms with Crippen molar-refractivity contribution in [2.45, 2.75) is 76.0 Å². The topological polar surface area (TPSA) is 61.8 Å². The Morgan fingerprint density at radius 2 is 2.14 bits per heavy atom. The van der Waals surface area contributed by atoms with Gasteiger partial charge in [0.05, 0.1) is 6.04 Å². The number of amides is 1. The Labute approximate surface area is 166 Å². The minimum Gasteiger partial charge on any atom is -0.504 e. The van der Waals surface area contributed by atoms with Gasteiger partial charge in [-0.1, -0.05) is 13.0 Å². The number of piperidine rings is 1. The molecule has 5 heteroatoms. The van der Waals surface area contributed by atoms with Crippen LogP contribution in [0.5, 0.6) is 11.5 Å². The van der Waals surface area contributed by atoms with Crippen molar-refractivity contribution in [1.82, 2.24) is 10.2 Å². The molecule has 2 saturated carbocycles. The van der Waals surface area contributed by atoms with E-state index in [0.29, 0.717) is 11.8 Å². The molecule has 1 aromatic rings. The highest BCUT2D eigenvalue weighted by Gasteiger charge is 2.71. The lowest BCUT2D eigenvalue weighted by Gasteiger charge is -2.65. The van der Waals surface area contributed by atoms with Crippen molar-refractivity contribution in [2.75, 3.05) is 13.1 Å². The molecule has 1 aromatic carbocycles. The number of nitrogens with one attached hydrogen (secondary N) is 1. The molecule has 5 atom stereocenters. The van der Waals surface area contributed by atoms with Gasteiger partial charge in [-0.2, -0.15) is 0 Å². The molecule has 2 heterocycles. The fourth-order valence-electron chi connectivity index (χ4n) is 7.34. The second kappa shape index (κ2) is 5.44. The Hall–Kier alpha value is -1.75. The van der Waals surface area contributed by atoms with E-state index in [9.17, 15) is 9.90 Å². The number of likely N-dealkylation sites (tertiary alicyclic amines) is 1. The second-order valence-corrected chi connectivity index (χ2v) is 10.1. The summed E-state index contributed by atoms with van der Waals surface area (Å²) >= 11 is 0. The predicted molar refractivity (Wildman–Crippen MR) is 106 cm³/mol. The van der Waals surface area contributed by atoms with Crippen molar-refractivity contribution in [2.24, 2.45) is 11.3 Å². The third kappa shape index (κ3) is 1.99. The third-order valence-corrected chi connectivity index (χ3v) is 8.72. The molecule has 5 nitrogen and oxygen atoms in total. The SMILES string of the molecule is CC(=O)N[C@H]1CC[C@@]2(C)C3Cc4ccc(O)c5c4[C@@]2(CCN3CC2CC2)C1O5. The highest BCUT2D eigenvalue weighted by molar-refractivity contribution is 5.73. The van der Waals surface area contributed by atoms with Crippen LogP contribution in [0.25, 0.3) is 0 Å². The smallest absolute Gasteiger partial charge is 0.217 e. The van der Waals surface area contributed by atoms with Gasteiger partial charge in [-0.25, -0.2) is 0 Å². The molecule has 150 valence electrons. The van der Waals surface area contributed by atoms with Crippen LogP contribution in [0.4, 0.5) is 0 Å².